The molecule has 1 aromatic heterocycles. The number of rotatable bonds is 3. The Labute approximate surface area is 118 Å². The molecule has 1 amide bonds. The van der Waals surface area contributed by atoms with E-state index in [1.807, 2.05) is 29.3 Å². The fraction of sp³-hybridized carbons (Fsp3) is 0.333. The lowest BCUT2D eigenvalue weighted by Gasteiger charge is -2.23. The molecule has 1 aliphatic heterocycles. The molecule has 0 saturated heterocycles. The summed E-state index contributed by atoms with van der Waals surface area (Å²) in [4.78, 5) is 14.2. The monoisotopic (exact) mass is 270 g/mol. The number of nitrogen functional groups attached to an aromatic ring is 1. The van der Waals surface area contributed by atoms with Gasteiger partial charge in [-0.15, -0.1) is 0 Å². The van der Waals surface area contributed by atoms with Gasteiger partial charge < -0.3 is 10.6 Å². The number of benzene rings is 1. The molecule has 0 saturated carbocycles. The third kappa shape index (κ3) is 2.52. The fourth-order valence-electron chi connectivity index (χ4n) is 2.63. The average molecular weight is 270 g/mol. The van der Waals surface area contributed by atoms with E-state index in [-0.39, 0.29) is 5.91 Å². The molecule has 0 fully saturated rings. The molecular formula is C15H18N4O. The minimum atomic E-state index is 0.190. The number of nitrogens with zero attached hydrogens (tertiary/aromatic N) is 3. The van der Waals surface area contributed by atoms with Crippen molar-refractivity contribution in [3.05, 3.63) is 42.1 Å². The molecule has 104 valence electrons. The summed E-state index contributed by atoms with van der Waals surface area (Å²) in [5.41, 5.74) is 7.89. The second kappa shape index (κ2) is 5.36. The lowest BCUT2D eigenvalue weighted by atomic mass is 10.1. The Morgan fingerprint density at radius 1 is 1.15 bits per heavy atom. The van der Waals surface area contributed by atoms with Crippen LogP contribution in [0.15, 0.2) is 36.5 Å². The first-order valence-electron chi connectivity index (χ1n) is 6.91. The van der Waals surface area contributed by atoms with Crippen molar-refractivity contribution < 1.29 is 4.79 Å². The van der Waals surface area contributed by atoms with Gasteiger partial charge in [0.2, 0.25) is 5.91 Å². The number of anilines is 2. The molecule has 0 unspecified atom stereocenters. The van der Waals surface area contributed by atoms with E-state index in [2.05, 4.69) is 11.2 Å². The number of hydrogen-bond acceptors (Lipinski definition) is 3. The molecule has 0 bridgehead atoms. The molecule has 2 heterocycles. The fourth-order valence-corrected chi connectivity index (χ4v) is 2.63. The van der Waals surface area contributed by atoms with E-state index in [1.165, 1.54) is 5.56 Å². The van der Waals surface area contributed by atoms with Gasteiger partial charge in [0.05, 0.1) is 6.54 Å². The van der Waals surface area contributed by atoms with Crippen molar-refractivity contribution in [1.29, 1.82) is 0 Å². The maximum absolute atomic E-state index is 12.3. The van der Waals surface area contributed by atoms with Crippen LogP contribution in [0, 0.1) is 0 Å². The summed E-state index contributed by atoms with van der Waals surface area (Å²) < 4.78 is 1.77. The van der Waals surface area contributed by atoms with Crippen molar-refractivity contribution in [2.24, 2.45) is 0 Å². The number of hydrogen-bond donors (Lipinski definition) is 1. The molecule has 5 heteroatoms. The molecule has 5 nitrogen and oxygen atoms in total. The van der Waals surface area contributed by atoms with Crippen LogP contribution in [-0.2, 0) is 17.8 Å². The third-order valence-corrected chi connectivity index (χ3v) is 3.63. The van der Waals surface area contributed by atoms with Crippen molar-refractivity contribution in [2.75, 3.05) is 17.2 Å². The van der Waals surface area contributed by atoms with Crippen molar-refractivity contribution in [3.63, 3.8) is 0 Å². The summed E-state index contributed by atoms with van der Waals surface area (Å²) in [5, 5.41) is 4.16. The number of carbonyl (C=O) groups is 1. The average Bonchev–Trinajstić information content (AvgIpc) is 2.79. The topological polar surface area (TPSA) is 64.2 Å². The third-order valence-electron chi connectivity index (χ3n) is 3.63. The van der Waals surface area contributed by atoms with E-state index in [1.54, 1.807) is 10.7 Å². The summed E-state index contributed by atoms with van der Waals surface area (Å²) in [7, 11) is 0. The molecule has 0 aliphatic carbocycles. The maximum atomic E-state index is 12.3. The molecule has 1 aliphatic rings. The predicted molar refractivity (Wildman–Crippen MR) is 78.4 cm³/mol. The molecule has 0 atom stereocenters. The molecule has 0 radical (unpaired) electrons. The van der Waals surface area contributed by atoms with Gasteiger partial charge in [-0.25, -0.2) is 0 Å². The zero-order valence-electron chi connectivity index (χ0n) is 11.3. The minimum Gasteiger partial charge on any atom is -0.382 e. The van der Waals surface area contributed by atoms with E-state index in [4.69, 9.17) is 5.73 Å². The Balaban J connectivity index is 1.81. The molecule has 2 aromatic rings. The molecule has 3 rings (SSSR count). The highest BCUT2D eigenvalue weighted by Gasteiger charge is 2.21. The van der Waals surface area contributed by atoms with Gasteiger partial charge in [0.1, 0.15) is 5.82 Å². The number of nitrogens with two attached hydrogens (primary N) is 1. The second-order valence-electron chi connectivity index (χ2n) is 5.03. The van der Waals surface area contributed by atoms with Crippen molar-refractivity contribution in [1.82, 2.24) is 9.78 Å². The van der Waals surface area contributed by atoms with E-state index in [9.17, 15) is 4.79 Å². The van der Waals surface area contributed by atoms with Gasteiger partial charge in [0, 0.05) is 24.8 Å². The molecular weight excluding hydrogens is 252 g/mol. The normalized spacial score (nSPS) is 15.0. The van der Waals surface area contributed by atoms with Gasteiger partial charge in [-0.1, -0.05) is 18.2 Å². The van der Waals surface area contributed by atoms with E-state index < -0.39 is 0 Å². The van der Waals surface area contributed by atoms with E-state index in [0.717, 1.165) is 18.5 Å². The van der Waals surface area contributed by atoms with Gasteiger partial charge in [0.25, 0.3) is 0 Å². The number of aromatic nitrogens is 2. The Bertz CT molecular complexity index is 620. The largest absolute Gasteiger partial charge is 0.382 e. The van der Waals surface area contributed by atoms with Crippen LogP contribution in [0.25, 0.3) is 0 Å². The second-order valence-corrected chi connectivity index (χ2v) is 5.03. The van der Waals surface area contributed by atoms with Crippen LogP contribution >= 0.6 is 0 Å². The van der Waals surface area contributed by atoms with Crippen molar-refractivity contribution in [3.8, 4) is 0 Å². The first-order valence-corrected chi connectivity index (χ1v) is 6.91. The van der Waals surface area contributed by atoms with Gasteiger partial charge in [0.15, 0.2) is 0 Å². The quantitative estimate of drug-likeness (QED) is 0.925. The minimum absolute atomic E-state index is 0.190. The summed E-state index contributed by atoms with van der Waals surface area (Å²) in [6, 6.07) is 9.90. The molecule has 1 aromatic carbocycles. The first kappa shape index (κ1) is 12.7. The van der Waals surface area contributed by atoms with Crippen LogP contribution in [0.4, 0.5) is 11.5 Å². The number of fused-ring (bicyclic) bond motifs is 1. The Kier molecular flexibility index (Phi) is 3.41. The highest BCUT2D eigenvalue weighted by Crippen LogP contribution is 2.26. The molecule has 0 spiro atoms. The van der Waals surface area contributed by atoms with Crippen LogP contribution in [0.3, 0.4) is 0 Å². The van der Waals surface area contributed by atoms with Crippen LogP contribution < -0.4 is 10.6 Å². The van der Waals surface area contributed by atoms with Crippen molar-refractivity contribution in [2.45, 2.75) is 25.8 Å². The smallest absolute Gasteiger partial charge is 0.227 e. The predicted octanol–water partition coefficient (Wildman–Crippen LogP) is 1.83. The summed E-state index contributed by atoms with van der Waals surface area (Å²) in [5.74, 6) is 0.697. The lowest BCUT2D eigenvalue weighted by Crippen LogP contribution is -2.33. The maximum Gasteiger partial charge on any atom is 0.227 e. The van der Waals surface area contributed by atoms with Gasteiger partial charge >= 0.3 is 0 Å². The number of carbonyl (C=O) groups excluding carboxylic acids is 1. The summed E-state index contributed by atoms with van der Waals surface area (Å²) >= 11 is 0. The summed E-state index contributed by atoms with van der Waals surface area (Å²) in [6.07, 6.45) is 4.33. The first-order chi connectivity index (χ1) is 9.74. The Hall–Kier alpha value is -2.30. The molecule has 20 heavy (non-hydrogen) atoms. The zero-order chi connectivity index (χ0) is 13.9. The van der Waals surface area contributed by atoms with Crippen LogP contribution in [0.2, 0.25) is 0 Å². The zero-order valence-corrected chi connectivity index (χ0v) is 11.3. The molecule has 2 N–H and O–H groups in total. The number of para-hydroxylation sites is 1. The van der Waals surface area contributed by atoms with Gasteiger partial charge in [-0.2, -0.15) is 5.10 Å². The SMILES string of the molecule is Nc1ccn(CCN2C(=O)CCCc3ccccc32)n1. The Morgan fingerprint density at radius 3 is 2.80 bits per heavy atom. The Morgan fingerprint density at radius 2 is 2.00 bits per heavy atom. The van der Waals surface area contributed by atoms with Crippen LogP contribution in [0.5, 0.6) is 0 Å². The van der Waals surface area contributed by atoms with Crippen molar-refractivity contribution >= 4 is 17.4 Å². The van der Waals surface area contributed by atoms with Crippen LogP contribution in [0.1, 0.15) is 18.4 Å². The van der Waals surface area contributed by atoms with Gasteiger partial charge in [-0.05, 0) is 30.5 Å². The summed E-state index contributed by atoms with van der Waals surface area (Å²) in [6.45, 7) is 1.27. The highest BCUT2D eigenvalue weighted by atomic mass is 16.2. The van der Waals surface area contributed by atoms with Crippen LogP contribution in [-0.4, -0.2) is 22.2 Å². The van der Waals surface area contributed by atoms with E-state index in [0.29, 0.717) is 25.3 Å². The van der Waals surface area contributed by atoms with E-state index >= 15 is 0 Å². The standard InChI is InChI=1S/C15H18N4O/c16-14-8-9-18(17-14)10-11-19-13-6-2-1-4-12(13)5-3-7-15(19)20/h1-2,4,6,8-9H,3,5,7,10-11H2,(H2,16,17). The lowest BCUT2D eigenvalue weighted by molar-refractivity contribution is -0.118. The number of aryl methyl sites for hydroxylation is 1. The highest BCUT2D eigenvalue weighted by molar-refractivity contribution is 5.94. The number of amides is 1. The van der Waals surface area contributed by atoms with Gasteiger partial charge in [-0.3, -0.25) is 9.48 Å².